The Morgan fingerprint density at radius 2 is 1.89 bits per heavy atom. The summed E-state index contributed by atoms with van der Waals surface area (Å²) in [6.45, 7) is 3.69. The number of benzene rings is 2. The summed E-state index contributed by atoms with van der Waals surface area (Å²) in [6, 6.07) is 16.8. The van der Waals surface area contributed by atoms with Crippen LogP contribution in [0.3, 0.4) is 0 Å². The number of nitrogens with zero attached hydrogens (tertiary/aromatic N) is 1. The van der Waals surface area contributed by atoms with Crippen molar-refractivity contribution < 1.29 is 9.53 Å². The van der Waals surface area contributed by atoms with Gasteiger partial charge in [0.2, 0.25) is 0 Å². The van der Waals surface area contributed by atoms with E-state index >= 15 is 0 Å². The Morgan fingerprint density at radius 3 is 2.59 bits per heavy atom. The molecule has 2 aromatic carbocycles. The number of aromatic amines is 1. The molecule has 1 heterocycles. The number of halogens is 1. The highest BCUT2D eigenvalue weighted by molar-refractivity contribution is 6.32. The summed E-state index contributed by atoms with van der Waals surface area (Å²) in [5.74, 6) is 0.980. The molecule has 0 aliphatic carbocycles. The summed E-state index contributed by atoms with van der Waals surface area (Å²) in [5, 5.41) is 3.46. The Kier molecular flexibility index (Phi) is 6.14. The zero-order valence-electron chi connectivity index (χ0n) is 15.3. The third-order valence-corrected chi connectivity index (χ3v) is 4.56. The zero-order valence-corrected chi connectivity index (χ0v) is 16.0. The van der Waals surface area contributed by atoms with Gasteiger partial charge in [-0.25, -0.2) is 4.98 Å². The van der Waals surface area contributed by atoms with Crippen molar-refractivity contribution in [1.29, 1.82) is 0 Å². The van der Waals surface area contributed by atoms with Crippen molar-refractivity contribution in [3.8, 4) is 17.0 Å². The third kappa shape index (κ3) is 4.68. The Morgan fingerprint density at radius 1 is 1.19 bits per heavy atom. The first-order chi connectivity index (χ1) is 13.1. The van der Waals surface area contributed by atoms with E-state index in [9.17, 15) is 4.79 Å². The highest BCUT2D eigenvalue weighted by Gasteiger charge is 2.22. The van der Waals surface area contributed by atoms with Crippen molar-refractivity contribution in [3.63, 3.8) is 0 Å². The molecule has 2 atom stereocenters. The predicted octanol–water partition coefficient (Wildman–Crippen LogP) is 4.76. The van der Waals surface area contributed by atoms with Gasteiger partial charge >= 0.3 is 0 Å². The molecule has 0 spiro atoms. The zero-order chi connectivity index (χ0) is 19.2. The largest absolute Gasteiger partial charge is 0.479 e. The molecule has 1 amide bonds. The number of carbonyl (C=O) groups is 1. The van der Waals surface area contributed by atoms with Crippen LogP contribution >= 0.6 is 11.6 Å². The van der Waals surface area contributed by atoms with Crippen LogP contribution in [0.1, 0.15) is 32.1 Å². The number of hydrogen-bond acceptors (Lipinski definition) is 3. The number of amides is 1. The van der Waals surface area contributed by atoms with Gasteiger partial charge in [0.15, 0.2) is 6.10 Å². The van der Waals surface area contributed by atoms with Gasteiger partial charge in [0.25, 0.3) is 5.91 Å². The van der Waals surface area contributed by atoms with Crippen molar-refractivity contribution >= 4 is 17.5 Å². The summed E-state index contributed by atoms with van der Waals surface area (Å²) >= 11 is 6.09. The number of hydrogen-bond donors (Lipinski definition) is 2. The van der Waals surface area contributed by atoms with E-state index in [2.05, 4.69) is 15.3 Å². The normalized spacial score (nSPS) is 13.0. The number of para-hydroxylation sites is 1. The highest BCUT2D eigenvalue weighted by atomic mass is 35.5. The van der Waals surface area contributed by atoms with E-state index in [4.69, 9.17) is 16.3 Å². The maximum atomic E-state index is 12.6. The molecule has 3 aromatic rings. The monoisotopic (exact) mass is 383 g/mol. The molecule has 3 rings (SSSR count). The van der Waals surface area contributed by atoms with Crippen LogP contribution in [0.25, 0.3) is 11.3 Å². The van der Waals surface area contributed by atoms with Crippen molar-refractivity contribution in [2.24, 2.45) is 0 Å². The second-order valence-corrected chi connectivity index (χ2v) is 6.62. The molecule has 1 aromatic heterocycles. The fourth-order valence-electron chi connectivity index (χ4n) is 2.72. The third-order valence-electron chi connectivity index (χ3n) is 4.24. The van der Waals surface area contributed by atoms with Crippen molar-refractivity contribution in [1.82, 2.24) is 15.3 Å². The maximum Gasteiger partial charge on any atom is 0.261 e. The van der Waals surface area contributed by atoms with Gasteiger partial charge < -0.3 is 15.0 Å². The quantitative estimate of drug-likeness (QED) is 0.617. The van der Waals surface area contributed by atoms with Crippen LogP contribution in [-0.2, 0) is 4.79 Å². The van der Waals surface area contributed by atoms with Gasteiger partial charge in [-0.05, 0) is 31.0 Å². The first-order valence-corrected chi connectivity index (χ1v) is 9.28. The number of ether oxygens (including phenoxy) is 1. The lowest BCUT2D eigenvalue weighted by molar-refractivity contribution is -0.128. The molecule has 0 saturated carbocycles. The van der Waals surface area contributed by atoms with Crippen LogP contribution in [-0.4, -0.2) is 22.0 Å². The molecule has 2 N–H and O–H groups in total. The van der Waals surface area contributed by atoms with E-state index in [1.165, 1.54) is 0 Å². The minimum Gasteiger partial charge on any atom is -0.479 e. The number of H-pyrrole nitrogens is 1. The van der Waals surface area contributed by atoms with Gasteiger partial charge in [0.05, 0.1) is 23.0 Å². The number of rotatable bonds is 7. The number of carbonyl (C=O) groups excluding carboxylic acids is 1. The molecule has 0 bridgehead atoms. The van der Waals surface area contributed by atoms with E-state index in [0.29, 0.717) is 17.2 Å². The first kappa shape index (κ1) is 19.0. The Balaban J connectivity index is 1.67. The second-order valence-electron chi connectivity index (χ2n) is 6.21. The molecular formula is C21H22ClN3O2. The van der Waals surface area contributed by atoms with Crippen LogP contribution in [0.15, 0.2) is 60.8 Å². The SMILES string of the molecule is CCC(NC(=O)C(C)Oc1ccccc1Cl)c1ncc(-c2ccccc2)[nH]1. The molecule has 0 aliphatic rings. The Hall–Kier alpha value is -2.79. The van der Waals surface area contributed by atoms with Crippen LogP contribution in [0, 0.1) is 0 Å². The number of imidazole rings is 1. The number of aromatic nitrogens is 2. The molecule has 27 heavy (non-hydrogen) atoms. The van der Waals surface area contributed by atoms with E-state index < -0.39 is 6.10 Å². The average Bonchev–Trinajstić information content (AvgIpc) is 3.18. The summed E-state index contributed by atoms with van der Waals surface area (Å²) < 4.78 is 5.69. The summed E-state index contributed by atoms with van der Waals surface area (Å²) in [4.78, 5) is 20.3. The van der Waals surface area contributed by atoms with Gasteiger partial charge in [-0.3, -0.25) is 4.79 Å². The minimum absolute atomic E-state index is 0.223. The second kappa shape index (κ2) is 8.73. The molecule has 0 radical (unpaired) electrons. The van der Waals surface area contributed by atoms with Crippen LogP contribution in [0.4, 0.5) is 0 Å². The molecule has 140 valence electrons. The van der Waals surface area contributed by atoms with E-state index in [-0.39, 0.29) is 11.9 Å². The molecule has 2 unspecified atom stereocenters. The summed E-state index contributed by atoms with van der Waals surface area (Å²) in [6.07, 6.45) is 1.80. The predicted molar refractivity (Wildman–Crippen MR) is 107 cm³/mol. The molecular weight excluding hydrogens is 362 g/mol. The van der Waals surface area contributed by atoms with E-state index in [0.717, 1.165) is 17.1 Å². The van der Waals surface area contributed by atoms with Gasteiger partial charge in [-0.1, -0.05) is 61.0 Å². The summed E-state index contributed by atoms with van der Waals surface area (Å²) in [7, 11) is 0. The van der Waals surface area contributed by atoms with Crippen molar-refractivity contribution in [2.75, 3.05) is 0 Å². The Labute approximate surface area is 163 Å². The topological polar surface area (TPSA) is 67.0 Å². The maximum absolute atomic E-state index is 12.6. The number of nitrogens with one attached hydrogen (secondary N) is 2. The van der Waals surface area contributed by atoms with Crippen LogP contribution < -0.4 is 10.1 Å². The Bertz CT molecular complexity index is 895. The smallest absolute Gasteiger partial charge is 0.261 e. The van der Waals surface area contributed by atoms with Crippen LogP contribution in [0.5, 0.6) is 5.75 Å². The van der Waals surface area contributed by atoms with E-state index in [1.807, 2.05) is 49.4 Å². The van der Waals surface area contributed by atoms with Crippen LogP contribution in [0.2, 0.25) is 5.02 Å². The van der Waals surface area contributed by atoms with Crippen molar-refractivity contribution in [2.45, 2.75) is 32.4 Å². The van der Waals surface area contributed by atoms with Gasteiger partial charge in [0.1, 0.15) is 11.6 Å². The fraction of sp³-hybridized carbons (Fsp3) is 0.238. The lowest BCUT2D eigenvalue weighted by Crippen LogP contribution is -2.38. The molecule has 0 saturated heterocycles. The molecule has 0 aliphatic heterocycles. The van der Waals surface area contributed by atoms with Crippen molar-refractivity contribution in [3.05, 3.63) is 71.6 Å². The molecule has 0 fully saturated rings. The highest BCUT2D eigenvalue weighted by Crippen LogP contribution is 2.25. The molecule has 5 nitrogen and oxygen atoms in total. The van der Waals surface area contributed by atoms with Gasteiger partial charge in [0, 0.05) is 0 Å². The summed E-state index contributed by atoms with van der Waals surface area (Å²) in [5.41, 5.74) is 1.96. The average molecular weight is 384 g/mol. The molecule has 6 heteroatoms. The van der Waals surface area contributed by atoms with Gasteiger partial charge in [-0.15, -0.1) is 0 Å². The lowest BCUT2D eigenvalue weighted by atomic mass is 10.2. The van der Waals surface area contributed by atoms with E-state index in [1.54, 1.807) is 25.3 Å². The first-order valence-electron chi connectivity index (χ1n) is 8.90. The fourth-order valence-corrected chi connectivity index (χ4v) is 2.90. The minimum atomic E-state index is -0.678. The lowest BCUT2D eigenvalue weighted by Gasteiger charge is -2.19. The van der Waals surface area contributed by atoms with Gasteiger partial charge in [-0.2, -0.15) is 0 Å². The standard InChI is InChI=1S/C21H22ClN3O2/c1-3-17(20-23-13-18(24-20)15-9-5-4-6-10-15)25-21(26)14(2)27-19-12-8-7-11-16(19)22/h4-14,17H,3H2,1-2H3,(H,23,24)(H,25,26).